The number of rotatable bonds is 22. The number of alkyl halides is 1. The number of halogens is 1. The van der Waals surface area contributed by atoms with Crippen molar-refractivity contribution in [1.29, 1.82) is 0 Å². The number of carbonyl (C=O) groups is 1. The molecule has 0 N–H and O–H groups in total. The molecule has 0 radical (unpaired) electrons. The van der Waals surface area contributed by atoms with Crippen molar-refractivity contribution >= 4 is 22.1 Å². The van der Waals surface area contributed by atoms with E-state index in [1.807, 2.05) is 0 Å². The van der Waals surface area contributed by atoms with Crippen LogP contribution in [0.2, 0.25) is 0 Å². The van der Waals surface area contributed by atoms with Gasteiger partial charge in [-0.05, 0) is 31.6 Å². The molecule has 0 unspecified atom stereocenters. The Labute approximate surface area is 190 Å². The number of hydrogen-bond acceptors (Lipinski definition) is 3. The molecule has 174 valence electrons. The molecule has 0 aromatic carbocycles. The van der Waals surface area contributed by atoms with Crippen LogP contribution in [-0.2, 0) is 9.47 Å². The van der Waals surface area contributed by atoms with Crippen LogP contribution in [0.4, 0.5) is 4.79 Å². The van der Waals surface area contributed by atoms with E-state index in [9.17, 15) is 4.79 Å². The van der Waals surface area contributed by atoms with Crippen molar-refractivity contribution in [2.75, 3.05) is 18.5 Å². The molecule has 0 aliphatic rings. The van der Waals surface area contributed by atoms with Crippen molar-refractivity contribution in [2.24, 2.45) is 5.92 Å². The summed E-state index contributed by atoms with van der Waals surface area (Å²) in [7, 11) is 0. The third-order valence-electron chi connectivity index (χ3n) is 5.62. The van der Waals surface area contributed by atoms with Gasteiger partial charge in [-0.3, -0.25) is 0 Å². The Bertz CT molecular complexity index is 320. The minimum Gasteiger partial charge on any atom is -0.434 e. The maximum Gasteiger partial charge on any atom is 0.508 e. The molecule has 0 heterocycles. The van der Waals surface area contributed by atoms with Gasteiger partial charge < -0.3 is 9.47 Å². The maximum absolute atomic E-state index is 11.9. The van der Waals surface area contributed by atoms with Crippen LogP contribution in [-0.4, -0.2) is 24.7 Å². The lowest BCUT2D eigenvalue weighted by atomic mass is 9.95. The molecule has 29 heavy (non-hydrogen) atoms. The minimum absolute atomic E-state index is 0.471. The zero-order valence-electron chi connectivity index (χ0n) is 19.5. The Morgan fingerprint density at radius 1 is 0.655 bits per heavy atom. The summed E-state index contributed by atoms with van der Waals surface area (Å²) in [5.74, 6) is 0.499. The summed E-state index contributed by atoms with van der Waals surface area (Å²) in [6.07, 6.45) is 22.1. The summed E-state index contributed by atoms with van der Waals surface area (Å²) in [5.41, 5.74) is 0. The molecule has 0 rings (SSSR count). The van der Waals surface area contributed by atoms with Gasteiger partial charge in [0, 0.05) is 5.33 Å². The van der Waals surface area contributed by atoms with Crippen LogP contribution in [0.3, 0.4) is 0 Å². The molecule has 0 aromatic rings. The van der Waals surface area contributed by atoms with Gasteiger partial charge in [-0.2, -0.15) is 0 Å². The zero-order chi connectivity index (χ0) is 21.4. The molecule has 0 atom stereocenters. The summed E-state index contributed by atoms with van der Waals surface area (Å²) in [6.45, 7) is 5.54. The Morgan fingerprint density at radius 3 is 1.69 bits per heavy atom. The van der Waals surface area contributed by atoms with Gasteiger partial charge in [-0.15, -0.1) is 0 Å². The fraction of sp³-hybridized carbons (Fsp3) is 0.960. The monoisotopic (exact) mass is 476 g/mol. The molecule has 0 saturated heterocycles. The van der Waals surface area contributed by atoms with Crippen LogP contribution in [0.5, 0.6) is 0 Å². The van der Waals surface area contributed by atoms with E-state index in [0.717, 1.165) is 18.2 Å². The van der Waals surface area contributed by atoms with E-state index in [1.165, 1.54) is 103 Å². The van der Waals surface area contributed by atoms with Gasteiger partial charge in [0.15, 0.2) is 0 Å². The fourth-order valence-electron chi connectivity index (χ4n) is 3.67. The van der Waals surface area contributed by atoms with Crippen molar-refractivity contribution in [2.45, 2.75) is 129 Å². The number of carbonyl (C=O) groups excluding carboxylic acids is 1. The summed E-state index contributed by atoms with van der Waals surface area (Å²) in [4.78, 5) is 11.9. The molecule has 0 bridgehead atoms. The molecular formula is C25H49BrO3. The third-order valence-corrected chi connectivity index (χ3v) is 6.18. The molecule has 0 aliphatic heterocycles. The van der Waals surface area contributed by atoms with Gasteiger partial charge in [0.2, 0.25) is 0 Å². The quantitative estimate of drug-likeness (QED) is 0.0885. The first-order valence-electron chi connectivity index (χ1n) is 12.6. The second-order valence-electron chi connectivity index (χ2n) is 8.49. The lowest BCUT2D eigenvalue weighted by molar-refractivity contribution is 0.0406. The van der Waals surface area contributed by atoms with E-state index in [-0.39, 0.29) is 0 Å². The van der Waals surface area contributed by atoms with E-state index in [0.29, 0.717) is 19.1 Å². The number of hydrogen-bond donors (Lipinski definition) is 0. The zero-order valence-corrected chi connectivity index (χ0v) is 21.1. The van der Waals surface area contributed by atoms with Gasteiger partial charge in [0.1, 0.15) is 0 Å². The Balaban J connectivity index is 3.96. The SMILES string of the molecule is CCCCCCCCC(CCCCCCCC)COC(=O)OCCCCCCBr. The average Bonchev–Trinajstić information content (AvgIpc) is 2.73. The van der Waals surface area contributed by atoms with Crippen LogP contribution < -0.4 is 0 Å². The first kappa shape index (κ1) is 28.8. The Kier molecular flexibility index (Phi) is 23.8. The van der Waals surface area contributed by atoms with E-state index < -0.39 is 6.16 Å². The topological polar surface area (TPSA) is 35.5 Å². The summed E-state index contributed by atoms with van der Waals surface area (Å²) < 4.78 is 10.7. The van der Waals surface area contributed by atoms with E-state index >= 15 is 0 Å². The molecule has 0 fully saturated rings. The lowest BCUT2D eigenvalue weighted by Gasteiger charge is -2.17. The maximum atomic E-state index is 11.9. The van der Waals surface area contributed by atoms with Crippen molar-refractivity contribution in [1.82, 2.24) is 0 Å². The third kappa shape index (κ3) is 22.3. The standard InChI is InChI=1S/C25H49BrO3/c1-3-5-7-9-11-15-19-24(20-16-12-10-8-6-4-2)23-29-25(27)28-22-18-14-13-17-21-26/h24H,3-23H2,1-2H3. The van der Waals surface area contributed by atoms with Crippen LogP contribution in [0.15, 0.2) is 0 Å². The number of ether oxygens (including phenoxy) is 2. The molecule has 0 saturated carbocycles. The summed E-state index contributed by atoms with van der Waals surface area (Å²) in [6, 6.07) is 0. The van der Waals surface area contributed by atoms with Crippen LogP contribution in [0, 0.1) is 5.92 Å². The fourth-order valence-corrected chi connectivity index (χ4v) is 4.07. The molecule has 0 aliphatic carbocycles. The van der Waals surface area contributed by atoms with Crippen LogP contribution in [0.25, 0.3) is 0 Å². The number of unbranched alkanes of at least 4 members (excludes halogenated alkanes) is 13. The average molecular weight is 478 g/mol. The second kappa shape index (κ2) is 24.0. The lowest BCUT2D eigenvalue weighted by Crippen LogP contribution is -2.16. The molecular weight excluding hydrogens is 428 g/mol. The second-order valence-corrected chi connectivity index (χ2v) is 9.28. The molecule has 4 heteroatoms. The highest BCUT2D eigenvalue weighted by Crippen LogP contribution is 2.20. The van der Waals surface area contributed by atoms with Gasteiger partial charge in [-0.25, -0.2) is 4.79 Å². The molecule has 0 amide bonds. The van der Waals surface area contributed by atoms with E-state index in [4.69, 9.17) is 9.47 Å². The first-order valence-corrected chi connectivity index (χ1v) is 13.7. The molecule has 0 spiro atoms. The first-order chi connectivity index (χ1) is 14.2. The van der Waals surface area contributed by atoms with Crippen molar-refractivity contribution in [3.05, 3.63) is 0 Å². The predicted molar refractivity (Wildman–Crippen MR) is 129 cm³/mol. The Morgan fingerprint density at radius 2 is 1.14 bits per heavy atom. The van der Waals surface area contributed by atoms with Crippen LogP contribution >= 0.6 is 15.9 Å². The van der Waals surface area contributed by atoms with E-state index in [2.05, 4.69) is 29.8 Å². The van der Waals surface area contributed by atoms with Gasteiger partial charge >= 0.3 is 6.16 Å². The van der Waals surface area contributed by atoms with Crippen molar-refractivity contribution in [3.8, 4) is 0 Å². The van der Waals surface area contributed by atoms with E-state index in [1.54, 1.807) is 0 Å². The highest BCUT2D eigenvalue weighted by molar-refractivity contribution is 9.09. The van der Waals surface area contributed by atoms with Gasteiger partial charge in [-0.1, -0.05) is 120 Å². The largest absolute Gasteiger partial charge is 0.508 e. The molecule has 0 aromatic heterocycles. The normalized spacial score (nSPS) is 11.2. The Hall–Kier alpha value is -0.250. The minimum atomic E-state index is -0.471. The molecule has 3 nitrogen and oxygen atoms in total. The highest BCUT2D eigenvalue weighted by Gasteiger charge is 2.13. The van der Waals surface area contributed by atoms with Crippen LogP contribution in [0.1, 0.15) is 129 Å². The van der Waals surface area contributed by atoms with Crippen molar-refractivity contribution < 1.29 is 14.3 Å². The summed E-state index contributed by atoms with van der Waals surface area (Å²) in [5, 5.41) is 1.05. The van der Waals surface area contributed by atoms with Crippen molar-refractivity contribution in [3.63, 3.8) is 0 Å². The smallest absolute Gasteiger partial charge is 0.434 e. The van der Waals surface area contributed by atoms with Gasteiger partial charge in [0.05, 0.1) is 13.2 Å². The highest BCUT2D eigenvalue weighted by atomic mass is 79.9. The van der Waals surface area contributed by atoms with Gasteiger partial charge in [0.25, 0.3) is 0 Å². The summed E-state index contributed by atoms with van der Waals surface area (Å²) >= 11 is 3.44. The predicted octanol–water partition coefficient (Wildman–Crippen LogP) is 9.21.